The summed E-state index contributed by atoms with van der Waals surface area (Å²) < 4.78 is 5.37. The number of phenols is 1. The molecular weight excluding hydrogens is 462 g/mol. The molecule has 180 valence electrons. The molecule has 3 N–H and O–H groups in total. The van der Waals surface area contributed by atoms with Crippen LogP contribution in [0.4, 0.5) is 34.9 Å². The molecule has 0 radical (unpaired) electrons. The van der Waals surface area contributed by atoms with Crippen molar-refractivity contribution in [3.63, 3.8) is 0 Å². The number of nitro benzene ring substituents is 2. The lowest BCUT2D eigenvalue weighted by molar-refractivity contribution is -0.385. The number of aromatic nitrogens is 3. The topological polar surface area (TPSA) is 194 Å². The zero-order valence-corrected chi connectivity index (χ0v) is 18.1. The number of benzene rings is 2. The Bertz CT molecular complexity index is 1260. The standard InChI is InChI=1S/C20H19N9O6/c30-17-13(2-1-3-16(17)29(33)34)12-21-26-19-23-18(22-14-4-6-15(7-5-14)28(31)32)24-20(25-19)27-8-10-35-11-9-27/h1-7,12,30H,8-11H2,(H2,22,23,24,25,26). The van der Waals surface area contributed by atoms with Crippen molar-refractivity contribution in [2.75, 3.05) is 41.9 Å². The maximum absolute atomic E-state index is 11.0. The van der Waals surface area contributed by atoms with E-state index >= 15 is 0 Å². The van der Waals surface area contributed by atoms with Gasteiger partial charge in [0.15, 0.2) is 0 Å². The second kappa shape index (κ2) is 10.3. The van der Waals surface area contributed by atoms with Crippen LogP contribution in [0.5, 0.6) is 5.75 Å². The van der Waals surface area contributed by atoms with Gasteiger partial charge in [-0.05, 0) is 18.2 Å². The minimum absolute atomic E-state index is 0.0544. The molecule has 1 aliphatic heterocycles. The molecule has 1 aliphatic rings. The fraction of sp³-hybridized carbons (Fsp3) is 0.200. The van der Waals surface area contributed by atoms with Crippen LogP contribution in [-0.4, -0.2) is 62.4 Å². The van der Waals surface area contributed by atoms with Gasteiger partial charge in [0, 0.05) is 42.5 Å². The molecule has 0 bridgehead atoms. The lowest BCUT2D eigenvalue weighted by Crippen LogP contribution is -2.37. The molecular formula is C20H19N9O6. The predicted molar refractivity (Wildman–Crippen MR) is 125 cm³/mol. The van der Waals surface area contributed by atoms with Crippen molar-refractivity contribution in [2.45, 2.75) is 0 Å². The predicted octanol–water partition coefficient (Wildman–Crippen LogP) is 2.42. The van der Waals surface area contributed by atoms with Crippen molar-refractivity contribution in [2.24, 2.45) is 5.10 Å². The normalized spacial score (nSPS) is 13.5. The summed E-state index contributed by atoms with van der Waals surface area (Å²) in [6.45, 7) is 2.13. The van der Waals surface area contributed by atoms with Gasteiger partial charge in [0.25, 0.3) is 5.69 Å². The van der Waals surface area contributed by atoms with E-state index in [9.17, 15) is 25.3 Å². The lowest BCUT2D eigenvalue weighted by atomic mass is 10.2. The number of nitrogens with zero attached hydrogens (tertiary/aromatic N) is 7. The third kappa shape index (κ3) is 5.72. The first kappa shape index (κ1) is 23.2. The molecule has 0 amide bonds. The Morgan fingerprint density at radius 1 is 1.00 bits per heavy atom. The number of rotatable bonds is 8. The molecule has 0 aliphatic carbocycles. The molecule has 35 heavy (non-hydrogen) atoms. The van der Waals surface area contributed by atoms with Crippen molar-refractivity contribution >= 4 is 41.1 Å². The van der Waals surface area contributed by atoms with Gasteiger partial charge < -0.3 is 20.1 Å². The van der Waals surface area contributed by atoms with Crippen LogP contribution < -0.4 is 15.6 Å². The van der Waals surface area contributed by atoms with Crippen molar-refractivity contribution in [3.05, 3.63) is 68.3 Å². The second-order valence-electron chi connectivity index (χ2n) is 7.15. The summed E-state index contributed by atoms with van der Waals surface area (Å²) in [4.78, 5) is 35.6. The number of phenolic OH excluding ortho intramolecular Hbond substituents is 1. The highest BCUT2D eigenvalue weighted by Gasteiger charge is 2.18. The summed E-state index contributed by atoms with van der Waals surface area (Å²) in [5.41, 5.74) is 2.78. The van der Waals surface area contributed by atoms with Crippen LogP contribution in [0.25, 0.3) is 0 Å². The van der Waals surface area contributed by atoms with Crippen molar-refractivity contribution < 1.29 is 19.7 Å². The van der Waals surface area contributed by atoms with Crippen LogP contribution in [0.3, 0.4) is 0 Å². The number of morpholine rings is 1. The van der Waals surface area contributed by atoms with Crippen molar-refractivity contribution in [3.8, 4) is 5.75 Å². The van der Waals surface area contributed by atoms with Gasteiger partial charge in [0.1, 0.15) is 0 Å². The molecule has 0 saturated carbocycles. The van der Waals surface area contributed by atoms with Gasteiger partial charge in [-0.15, -0.1) is 0 Å². The van der Waals surface area contributed by atoms with Crippen LogP contribution in [0.2, 0.25) is 0 Å². The van der Waals surface area contributed by atoms with Gasteiger partial charge in [-0.3, -0.25) is 20.2 Å². The Hall–Kier alpha value is -4.92. The first-order valence-electron chi connectivity index (χ1n) is 10.3. The molecule has 2 heterocycles. The van der Waals surface area contributed by atoms with E-state index in [2.05, 4.69) is 30.8 Å². The Labute approximate surface area is 197 Å². The monoisotopic (exact) mass is 481 g/mol. The molecule has 15 heteroatoms. The molecule has 0 unspecified atom stereocenters. The number of nitro groups is 2. The molecule has 15 nitrogen and oxygen atoms in total. The number of nitrogens with one attached hydrogen (secondary N) is 2. The summed E-state index contributed by atoms with van der Waals surface area (Å²) in [6.07, 6.45) is 1.20. The van der Waals surface area contributed by atoms with E-state index in [0.29, 0.717) is 37.9 Å². The Morgan fingerprint density at radius 2 is 1.71 bits per heavy atom. The number of hydrogen-bond donors (Lipinski definition) is 3. The van der Waals surface area contributed by atoms with E-state index in [4.69, 9.17) is 4.74 Å². The quantitative estimate of drug-likeness (QED) is 0.242. The summed E-state index contributed by atoms with van der Waals surface area (Å²) in [6, 6.07) is 9.80. The molecule has 1 saturated heterocycles. The SMILES string of the molecule is O=[N+]([O-])c1ccc(Nc2nc(NN=Cc3cccc([N+](=O)[O-])c3O)nc(N3CCOCC3)n2)cc1. The number of hydrogen-bond acceptors (Lipinski definition) is 13. The molecule has 1 aromatic heterocycles. The van der Waals surface area contributed by atoms with Gasteiger partial charge >= 0.3 is 5.69 Å². The number of hydrazone groups is 1. The first-order valence-corrected chi connectivity index (χ1v) is 10.3. The van der Waals surface area contributed by atoms with E-state index < -0.39 is 21.3 Å². The zero-order valence-electron chi connectivity index (χ0n) is 18.1. The summed E-state index contributed by atoms with van der Waals surface area (Å²) >= 11 is 0. The summed E-state index contributed by atoms with van der Waals surface area (Å²) in [5, 5.41) is 38.9. The second-order valence-corrected chi connectivity index (χ2v) is 7.15. The van der Waals surface area contributed by atoms with Crippen LogP contribution in [-0.2, 0) is 4.74 Å². The average Bonchev–Trinajstić information content (AvgIpc) is 2.85. The van der Waals surface area contributed by atoms with E-state index in [1.165, 1.54) is 48.7 Å². The number of non-ortho nitro benzene ring substituents is 1. The number of aromatic hydroxyl groups is 1. The fourth-order valence-corrected chi connectivity index (χ4v) is 3.13. The van der Waals surface area contributed by atoms with E-state index in [1.807, 2.05) is 4.90 Å². The number of ether oxygens (including phenoxy) is 1. The van der Waals surface area contributed by atoms with Crippen LogP contribution >= 0.6 is 0 Å². The number of anilines is 4. The minimum atomic E-state index is -0.698. The van der Waals surface area contributed by atoms with Gasteiger partial charge in [0.2, 0.25) is 23.6 Å². The summed E-state index contributed by atoms with van der Waals surface area (Å²) in [7, 11) is 0. The highest BCUT2D eigenvalue weighted by molar-refractivity contribution is 5.85. The molecule has 1 fully saturated rings. The van der Waals surface area contributed by atoms with Crippen molar-refractivity contribution in [1.82, 2.24) is 15.0 Å². The minimum Gasteiger partial charge on any atom is -0.502 e. The lowest BCUT2D eigenvalue weighted by Gasteiger charge is -2.27. The molecule has 2 aromatic carbocycles. The fourth-order valence-electron chi connectivity index (χ4n) is 3.13. The largest absolute Gasteiger partial charge is 0.502 e. The van der Waals surface area contributed by atoms with E-state index in [1.54, 1.807) is 0 Å². The Morgan fingerprint density at radius 3 is 2.40 bits per heavy atom. The maximum Gasteiger partial charge on any atom is 0.311 e. The Kier molecular flexibility index (Phi) is 6.87. The average molecular weight is 481 g/mol. The van der Waals surface area contributed by atoms with Gasteiger partial charge in [-0.1, -0.05) is 6.07 Å². The third-order valence-electron chi connectivity index (χ3n) is 4.86. The first-order chi connectivity index (χ1) is 16.9. The van der Waals surface area contributed by atoms with Gasteiger partial charge in [0.05, 0.1) is 29.3 Å². The molecule has 3 aromatic rings. The zero-order chi connectivity index (χ0) is 24.8. The highest BCUT2D eigenvalue weighted by atomic mass is 16.6. The van der Waals surface area contributed by atoms with E-state index in [0.717, 1.165) is 0 Å². The van der Waals surface area contributed by atoms with Crippen LogP contribution in [0.1, 0.15) is 5.56 Å². The maximum atomic E-state index is 11.0. The smallest absolute Gasteiger partial charge is 0.311 e. The van der Waals surface area contributed by atoms with Gasteiger partial charge in [-0.2, -0.15) is 20.1 Å². The van der Waals surface area contributed by atoms with Crippen LogP contribution in [0, 0.1) is 20.2 Å². The van der Waals surface area contributed by atoms with Crippen molar-refractivity contribution in [1.29, 1.82) is 0 Å². The molecule has 0 spiro atoms. The molecule has 0 atom stereocenters. The number of para-hydroxylation sites is 1. The van der Waals surface area contributed by atoms with E-state index in [-0.39, 0.29) is 23.1 Å². The van der Waals surface area contributed by atoms with Gasteiger partial charge in [-0.25, -0.2) is 5.43 Å². The summed E-state index contributed by atoms with van der Waals surface area (Å²) in [5.74, 6) is 0.0511. The van der Waals surface area contributed by atoms with Crippen LogP contribution in [0.15, 0.2) is 47.6 Å². The molecule has 4 rings (SSSR count). The Balaban J connectivity index is 1.58. The third-order valence-corrected chi connectivity index (χ3v) is 4.86. The highest BCUT2D eigenvalue weighted by Crippen LogP contribution is 2.28.